The quantitative estimate of drug-likeness (QED) is 0.829. The average molecular weight is 353 g/mol. The zero-order chi connectivity index (χ0) is 18.5. The molecule has 1 fully saturated rings. The van der Waals surface area contributed by atoms with E-state index in [2.05, 4.69) is 29.1 Å². The lowest BCUT2D eigenvalue weighted by Crippen LogP contribution is -2.50. The van der Waals surface area contributed by atoms with Crippen molar-refractivity contribution in [2.45, 2.75) is 26.3 Å². The lowest BCUT2D eigenvalue weighted by molar-refractivity contribution is -0.136. The van der Waals surface area contributed by atoms with E-state index in [1.807, 2.05) is 49.1 Å². The molecule has 1 atom stereocenters. The molecule has 0 aliphatic carbocycles. The SMILES string of the molecule is CCc1nc(C)ccc1OCC(=O)N1CCN(C)[C@H](c2ccccc2)C1. The predicted octanol–water partition coefficient (Wildman–Crippen LogP) is 2.85. The number of hydrogen-bond donors (Lipinski definition) is 0. The van der Waals surface area contributed by atoms with E-state index in [4.69, 9.17) is 4.74 Å². The van der Waals surface area contributed by atoms with E-state index in [1.54, 1.807) is 0 Å². The number of hydrogen-bond acceptors (Lipinski definition) is 4. The molecule has 0 saturated carbocycles. The molecule has 2 heterocycles. The average Bonchev–Trinajstić information content (AvgIpc) is 2.67. The third-order valence-corrected chi connectivity index (χ3v) is 4.94. The number of carbonyl (C=O) groups excluding carboxylic acids is 1. The molecule has 138 valence electrons. The molecule has 0 radical (unpaired) electrons. The van der Waals surface area contributed by atoms with Crippen LogP contribution in [0.3, 0.4) is 0 Å². The number of aryl methyl sites for hydroxylation is 2. The van der Waals surface area contributed by atoms with E-state index in [1.165, 1.54) is 5.56 Å². The van der Waals surface area contributed by atoms with E-state index in [9.17, 15) is 4.79 Å². The third-order valence-electron chi connectivity index (χ3n) is 4.94. The number of piperazine rings is 1. The summed E-state index contributed by atoms with van der Waals surface area (Å²) in [6.07, 6.45) is 0.787. The van der Waals surface area contributed by atoms with Crippen LogP contribution in [0.25, 0.3) is 0 Å². The monoisotopic (exact) mass is 353 g/mol. The van der Waals surface area contributed by atoms with Gasteiger partial charge in [0.1, 0.15) is 5.75 Å². The first-order valence-corrected chi connectivity index (χ1v) is 9.20. The normalized spacial score (nSPS) is 18.0. The van der Waals surface area contributed by atoms with Gasteiger partial charge in [-0.15, -0.1) is 0 Å². The van der Waals surface area contributed by atoms with Crippen molar-refractivity contribution in [2.75, 3.05) is 33.3 Å². The molecule has 1 aliphatic heterocycles. The van der Waals surface area contributed by atoms with Crippen molar-refractivity contribution in [3.8, 4) is 5.75 Å². The molecule has 0 bridgehead atoms. The van der Waals surface area contributed by atoms with Crippen LogP contribution in [0.4, 0.5) is 0 Å². The molecule has 0 N–H and O–H groups in total. The molecule has 2 aromatic rings. The third kappa shape index (κ3) is 4.22. The minimum atomic E-state index is 0.0293. The molecule has 0 unspecified atom stereocenters. The minimum Gasteiger partial charge on any atom is -0.482 e. The van der Waals surface area contributed by atoms with Gasteiger partial charge in [0.2, 0.25) is 0 Å². The summed E-state index contributed by atoms with van der Waals surface area (Å²) in [6.45, 7) is 6.34. The van der Waals surface area contributed by atoms with E-state index in [-0.39, 0.29) is 18.6 Å². The zero-order valence-corrected chi connectivity index (χ0v) is 15.8. The van der Waals surface area contributed by atoms with E-state index in [0.717, 1.165) is 30.9 Å². The Hall–Kier alpha value is -2.40. The Morgan fingerprint density at radius 2 is 1.96 bits per heavy atom. The Bertz CT molecular complexity index is 748. The van der Waals surface area contributed by atoms with Gasteiger partial charge in [0.25, 0.3) is 5.91 Å². The van der Waals surface area contributed by atoms with E-state index in [0.29, 0.717) is 12.3 Å². The van der Waals surface area contributed by atoms with Crippen LogP contribution in [0.15, 0.2) is 42.5 Å². The molecular formula is C21H27N3O2. The second kappa shape index (κ2) is 8.32. The molecule has 1 saturated heterocycles. The van der Waals surface area contributed by atoms with Gasteiger partial charge in [0.05, 0.1) is 11.7 Å². The Balaban J connectivity index is 1.63. The number of amides is 1. The molecule has 1 amide bonds. The standard InChI is InChI=1S/C21H27N3O2/c1-4-18-20(11-10-16(2)22-18)26-15-21(25)24-13-12-23(3)19(14-24)17-8-6-5-7-9-17/h5-11,19H,4,12-15H2,1-3H3/t19-/m0/s1. The fourth-order valence-corrected chi connectivity index (χ4v) is 3.35. The van der Waals surface area contributed by atoms with Crippen LogP contribution >= 0.6 is 0 Å². The second-order valence-corrected chi connectivity index (χ2v) is 6.79. The number of carbonyl (C=O) groups is 1. The summed E-state index contributed by atoms with van der Waals surface area (Å²) in [5, 5.41) is 0. The van der Waals surface area contributed by atoms with Crippen LogP contribution in [0, 0.1) is 6.92 Å². The maximum atomic E-state index is 12.7. The highest BCUT2D eigenvalue weighted by Gasteiger charge is 2.28. The molecular weight excluding hydrogens is 326 g/mol. The lowest BCUT2D eigenvalue weighted by atomic mass is 10.0. The Kier molecular flexibility index (Phi) is 5.89. The predicted molar refractivity (Wildman–Crippen MR) is 102 cm³/mol. The smallest absolute Gasteiger partial charge is 0.260 e. The molecule has 5 nitrogen and oxygen atoms in total. The highest BCUT2D eigenvalue weighted by molar-refractivity contribution is 5.78. The fourth-order valence-electron chi connectivity index (χ4n) is 3.35. The van der Waals surface area contributed by atoms with Gasteiger partial charge in [-0.2, -0.15) is 0 Å². The Morgan fingerprint density at radius 1 is 1.19 bits per heavy atom. The lowest BCUT2D eigenvalue weighted by Gasteiger charge is -2.39. The topological polar surface area (TPSA) is 45.7 Å². The highest BCUT2D eigenvalue weighted by atomic mass is 16.5. The number of benzene rings is 1. The Morgan fingerprint density at radius 3 is 2.69 bits per heavy atom. The first kappa shape index (κ1) is 18.4. The second-order valence-electron chi connectivity index (χ2n) is 6.79. The van der Waals surface area contributed by atoms with Gasteiger partial charge in [-0.05, 0) is 38.1 Å². The van der Waals surface area contributed by atoms with Crippen molar-refractivity contribution >= 4 is 5.91 Å². The van der Waals surface area contributed by atoms with Crippen LogP contribution in [0.2, 0.25) is 0 Å². The first-order valence-electron chi connectivity index (χ1n) is 9.20. The molecule has 1 aromatic carbocycles. The summed E-state index contributed by atoms with van der Waals surface area (Å²) < 4.78 is 5.80. The van der Waals surface area contributed by atoms with Gasteiger partial charge in [-0.25, -0.2) is 0 Å². The largest absolute Gasteiger partial charge is 0.482 e. The summed E-state index contributed by atoms with van der Waals surface area (Å²) in [7, 11) is 2.11. The van der Waals surface area contributed by atoms with Crippen molar-refractivity contribution in [2.24, 2.45) is 0 Å². The van der Waals surface area contributed by atoms with Gasteiger partial charge < -0.3 is 9.64 Å². The van der Waals surface area contributed by atoms with Crippen LogP contribution in [-0.2, 0) is 11.2 Å². The summed E-state index contributed by atoms with van der Waals surface area (Å²) in [5.74, 6) is 0.738. The number of likely N-dealkylation sites (N-methyl/N-ethyl adjacent to an activating group) is 1. The summed E-state index contributed by atoms with van der Waals surface area (Å²) in [6, 6.07) is 14.4. The number of pyridine rings is 1. The molecule has 26 heavy (non-hydrogen) atoms. The number of ether oxygens (including phenoxy) is 1. The highest BCUT2D eigenvalue weighted by Crippen LogP contribution is 2.24. The van der Waals surface area contributed by atoms with Gasteiger partial charge in [0, 0.05) is 25.3 Å². The van der Waals surface area contributed by atoms with Gasteiger partial charge in [0.15, 0.2) is 6.61 Å². The number of rotatable bonds is 5. The van der Waals surface area contributed by atoms with Gasteiger partial charge >= 0.3 is 0 Å². The van der Waals surface area contributed by atoms with Crippen LogP contribution < -0.4 is 4.74 Å². The summed E-state index contributed by atoms with van der Waals surface area (Å²) in [4.78, 5) is 21.4. The van der Waals surface area contributed by atoms with Crippen molar-refractivity contribution in [3.63, 3.8) is 0 Å². The first-order chi connectivity index (χ1) is 12.6. The van der Waals surface area contributed by atoms with Gasteiger partial charge in [-0.1, -0.05) is 37.3 Å². The molecule has 5 heteroatoms. The van der Waals surface area contributed by atoms with Crippen LogP contribution in [0.1, 0.15) is 29.9 Å². The van der Waals surface area contributed by atoms with Crippen LogP contribution in [-0.4, -0.2) is 54.0 Å². The van der Waals surface area contributed by atoms with E-state index >= 15 is 0 Å². The fraction of sp³-hybridized carbons (Fsp3) is 0.429. The minimum absolute atomic E-state index is 0.0293. The molecule has 3 rings (SSSR count). The molecule has 1 aliphatic rings. The summed E-state index contributed by atoms with van der Waals surface area (Å²) >= 11 is 0. The van der Waals surface area contributed by atoms with Crippen molar-refractivity contribution < 1.29 is 9.53 Å². The van der Waals surface area contributed by atoms with Gasteiger partial charge in [-0.3, -0.25) is 14.7 Å². The zero-order valence-electron chi connectivity index (χ0n) is 15.8. The Labute approximate surface area is 155 Å². The maximum Gasteiger partial charge on any atom is 0.260 e. The number of nitrogens with zero attached hydrogens (tertiary/aromatic N) is 3. The van der Waals surface area contributed by atoms with Crippen LogP contribution in [0.5, 0.6) is 5.75 Å². The molecule has 1 aromatic heterocycles. The van der Waals surface area contributed by atoms with Crippen molar-refractivity contribution in [1.29, 1.82) is 0 Å². The van der Waals surface area contributed by atoms with Crippen molar-refractivity contribution in [3.05, 3.63) is 59.4 Å². The number of aromatic nitrogens is 1. The summed E-state index contributed by atoms with van der Waals surface area (Å²) in [5.41, 5.74) is 3.10. The maximum absolute atomic E-state index is 12.7. The van der Waals surface area contributed by atoms with E-state index < -0.39 is 0 Å². The molecule has 0 spiro atoms. The van der Waals surface area contributed by atoms with Crippen molar-refractivity contribution in [1.82, 2.24) is 14.8 Å².